The third-order valence-corrected chi connectivity index (χ3v) is 3.71. The minimum absolute atomic E-state index is 0.220. The summed E-state index contributed by atoms with van der Waals surface area (Å²) < 4.78 is 13.1. The number of hydrogen-bond donors (Lipinski definition) is 1. The highest BCUT2D eigenvalue weighted by Gasteiger charge is 2.11. The van der Waals surface area contributed by atoms with E-state index in [0.717, 1.165) is 11.1 Å². The van der Waals surface area contributed by atoms with Crippen LogP contribution in [0.15, 0.2) is 58.6 Å². The summed E-state index contributed by atoms with van der Waals surface area (Å²) in [5.74, 6) is -0.324. The van der Waals surface area contributed by atoms with Gasteiger partial charge >= 0.3 is 0 Å². The average Bonchev–Trinajstić information content (AvgIpc) is 2.55. The highest BCUT2D eigenvalue weighted by Crippen LogP contribution is 2.28. The Morgan fingerprint density at radius 1 is 1.09 bits per heavy atom. The second kappa shape index (κ2) is 6.11. The average molecular weight is 313 g/mol. The summed E-state index contributed by atoms with van der Waals surface area (Å²) in [7, 11) is 0. The first kappa shape index (κ1) is 14.5. The normalized spacial score (nSPS) is 10.6. The summed E-state index contributed by atoms with van der Waals surface area (Å²) in [5, 5.41) is 0.647. The van der Waals surface area contributed by atoms with Crippen LogP contribution in [0.25, 0.3) is 22.5 Å². The molecule has 0 aliphatic heterocycles. The maximum absolute atomic E-state index is 13.1. The first-order valence-electron chi connectivity index (χ1n) is 6.54. The van der Waals surface area contributed by atoms with Crippen molar-refractivity contribution in [1.82, 2.24) is 15.0 Å². The number of H-pyrrole nitrogens is 1. The van der Waals surface area contributed by atoms with Crippen molar-refractivity contribution < 1.29 is 4.39 Å². The van der Waals surface area contributed by atoms with Crippen LogP contribution in [0, 0.1) is 5.82 Å². The van der Waals surface area contributed by atoms with Crippen LogP contribution in [0.2, 0.25) is 0 Å². The number of aromatic nitrogens is 3. The van der Waals surface area contributed by atoms with Crippen molar-refractivity contribution in [1.29, 1.82) is 0 Å². The summed E-state index contributed by atoms with van der Waals surface area (Å²) in [6, 6.07) is 10.9. The monoisotopic (exact) mass is 313 g/mol. The van der Waals surface area contributed by atoms with E-state index in [-0.39, 0.29) is 11.4 Å². The molecule has 2 aromatic heterocycles. The van der Waals surface area contributed by atoms with Gasteiger partial charge in [0.05, 0.1) is 11.4 Å². The van der Waals surface area contributed by atoms with Crippen LogP contribution in [-0.4, -0.2) is 21.2 Å². The number of aromatic amines is 1. The van der Waals surface area contributed by atoms with Crippen molar-refractivity contribution in [2.24, 2.45) is 0 Å². The number of nitrogens with one attached hydrogen (secondary N) is 1. The lowest BCUT2D eigenvalue weighted by molar-refractivity contribution is 0.628. The van der Waals surface area contributed by atoms with Gasteiger partial charge in [0.25, 0.3) is 0 Å². The van der Waals surface area contributed by atoms with Crippen molar-refractivity contribution in [3.63, 3.8) is 0 Å². The third kappa shape index (κ3) is 2.92. The first-order valence-corrected chi connectivity index (χ1v) is 7.76. The zero-order valence-corrected chi connectivity index (χ0v) is 12.5. The molecule has 3 aromatic rings. The Morgan fingerprint density at radius 2 is 1.86 bits per heavy atom. The largest absolute Gasteiger partial charge is 0.321 e. The fourth-order valence-electron chi connectivity index (χ4n) is 2.12. The van der Waals surface area contributed by atoms with Crippen molar-refractivity contribution >= 4 is 11.8 Å². The summed E-state index contributed by atoms with van der Waals surface area (Å²) >= 11 is 1.44. The van der Waals surface area contributed by atoms with Gasteiger partial charge in [-0.25, -0.2) is 14.4 Å². The Bertz CT molecular complexity index is 862. The van der Waals surface area contributed by atoms with Crippen molar-refractivity contribution in [2.75, 3.05) is 6.26 Å². The van der Waals surface area contributed by atoms with Gasteiger partial charge < -0.3 is 4.98 Å². The number of pyridine rings is 1. The summed E-state index contributed by atoms with van der Waals surface area (Å²) in [6.45, 7) is 0. The van der Waals surface area contributed by atoms with Crippen molar-refractivity contribution in [2.45, 2.75) is 5.16 Å². The molecule has 22 heavy (non-hydrogen) atoms. The molecule has 0 radical (unpaired) electrons. The number of halogens is 1. The smallest absolute Gasteiger partial charge is 0.248 e. The van der Waals surface area contributed by atoms with E-state index in [9.17, 15) is 9.18 Å². The van der Waals surface area contributed by atoms with Crippen molar-refractivity contribution in [3.05, 3.63) is 64.8 Å². The molecule has 0 unspecified atom stereocenters. The molecular weight excluding hydrogens is 301 g/mol. The summed E-state index contributed by atoms with van der Waals surface area (Å²) in [4.78, 5) is 23.1. The molecule has 0 bridgehead atoms. The minimum atomic E-state index is -0.324. The van der Waals surface area contributed by atoms with Crippen LogP contribution in [0.1, 0.15) is 0 Å². The van der Waals surface area contributed by atoms with E-state index in [0.29, 0.717) is 16.5 Å². The lowest BCUT2D eigenvalue weighted by Crippen LogP contribution is -2.06. The molecule has 6 heteroatoms. The van der Waals surface area contributed by atoms with E-state index in [2.05, 4.69) is 15.0 Å². The van der Waals surface area contributed by atoms with Gasteiger partial charge in [-0.2, -0.15) is 0 Å². The number of rotatable bonds is 3. The van der Waals surface area contributed by atoms with Crippen LogP contribution >= 0.6 is 11.8 Å². The predicted octanol–water partition coefficient (Wildman–Crippen LogP) is 3.36. The SMILES string of the molecule is CSc1nccc(-c2ccc(=O)[nH]c2-c2ccc(F)cc2)n1. The van der Waals surface area contributed by atoms with Gasteiger partial charge in [0.1, 0.15) is 5.82 Å². The second-order valence-corrected chi connectivity index (χ2v) is 5.32. The zero-order valence-electron chi connectivity index (χ0n) is 11.7. The molecule has 0 spiro atoms. The predicted molar refractivity (Wildman–Crippen MR) is 85.3 cm³/mol. The standard InChI is InChI=1S/C16H12FN3OS/c1-22-16-18-9-8-13(19-16)12-6-7-14(21)20-15(12)10-2-4-11(17)5-3-10/h2-9H,1H3,(H,20,21). The van der Waals surface area contributed by atoms with Crippen molar-refractivity contribution in [3.8, 4) is 22.5 Å². The van der Waals surface area contributed by atoms with Crippen LogP contribution < -0.4 is 5.56 Å². The molecule has 0 aliphatic carbocycles. The van der Waals surface area contributed by atoms with Gasteiger partial charge in [-0.3, -0.25) is 4.79 Å². The van der Waals surface area contributed by atoms with E-state index in [4.69, 9.17) is 0 Å². The molecule has 0 saturated carbocycles. The zero-order chi connectivity index (χ0) is 15.5. The molecule has 3 rings (SSSR count). The molecular formula is C16H12FN3OS. The molecule has 4 nitrogen and oxygen atoms in total. The van der Waals surface area contributed by atoms with E-state index >= 15 is 0 Å². The fraction of sp³-hybridized carbons (Fsp3) is 0.0625. The van der Waals surface area contributed by atoms with E-state index in [1.54, 1.807) is 30.5 Å². The number of nitrogens with zero attached hydrogens (tertiary/aromatic N) is 2. The Hall–Kier alpha value is -2.47. The Labute approximate surface area is 130 Å². The highest BCUT2D eigenvalue weighted by atomic mass is 32.2. The van der Waals surface area contributed by atoms with E-state index in [1.807, 2.05) is 6.26 Å². The molecule has 110 valence electrons. The third-order valence-electron chi connectivity index (χ3n) is 3.14. The number of benzene rings is 1. The van der Waals surface area contributed by atoms with Gasteiger partial charge in [-0.1, -0.05) is 11.8 Å². The molecule has 1 N–H and O–H groups in total. The summed E-state index contributed by atoms with van der Waals surface area (Å²) in [6.07, 6.45) is 3.57. The van der Waals surface area contributed by atoms with Crippen LogP contribution in [0.4, 0.5) is 4.39 Å². The first-order chi connectivity index (χ1) is 10.7. The molecule has 1 aromatic carbocycles. The maximum atomic E-state index is 13.1. The topological polar surface area (TPSA) is 58.6 Å². The second-order valence-electron chi connectivity index (χ2n) is 4.55. The Kier molecular flexibility index (Phi) is 4.02. The van der Waals surface area contributed by atoms with Gasteiger partial charge in [0.2, 0.25) is 5.56 Å². The molecule has 0 fully saturated rings. The van der Waals surface area contributed by atoms with Crippen LogP contribution in [-0.2, 0) is 0 Å². The lowest BCUT2D eigenvalue weighted by Gasteiger charge is -2.09. The fourth-order valence-corrected chi connectivity index (χ4v) is 2.48. The minimum Gasteiger partial charge on any atom is -0.321 e. The van der Waals surface area contributed by atoms with Gasteiger partial charge in [0, 0.05) is 17.8 Å². The molecule has 0 aliphatic rings. The van der Waals surface area contributed by atoms with Gasteiger partial charge in [-0.05, 0) is 48.2 Å². The quantitative estimate of drug-likeness (QED) is 0.595. The van der Waals surface area contributed by atoms with E-state index < -0.39 is 0 Å². The van der Waals surface area contributed by atoms with E-state index in [1.165, 1.54) is 30.0 Å². The number of thioether (sulfide) groups is 1. The number of hydrogen-bond acceptors (Lipinski definition) is 4. The van der Waals surface area contributed by atoms with Crippen LogP contribution in [0.5, 0.6) is 0 Å². The summed E-state index contributed by atoms with van der Waals surface area (Å²) in [5.41, 5.74) is 2.58. The molecule has 2 heterocycles. The maximum Gasteiger partial charge on any atom is 0.248 e. The molecule has 0 amide bonds. The highest BCUT2D eigenvalue weighted by molar-refractivity contribution is 7.98. The van der Waals surface area contributed by atoms with Gasteiger partial charge in [0.15, 0.2) is 5.16 Å². The molecule has 0 saturated heterocycles. The van der Waals surface area contributed by atoms with Gasteiger partial charge in [-0.15, -0.1) is 0 Å². The Morgan fingerprint density at radius 3 is 2.59 bits per heavy atom. The van der Waals surface area contributed by atoms with Crippen LogP contribution in [0.3, 0.4) is 0 Å². The molecule has 0 atom stereocenters. The lowest BCUT2D eigenvalue weighted by atomic mass is 10.0. The Balaban J connectivity index is 2.19.